The first kappa shape index (κ1) is 52.7. The highest BCUT2D eigenvalue weighted by atomic mass is 16.5. The predicted octanol–water partition coefficient (Wildman–Crippen LogP) is 2.60. The number of aliphatic hydroxyl groups is 2. The highest BCUT2D eigenvalue weighted by Crippen LogP contribution is 2.29. The first-order chi connectivity index (χ1) is 27.7. The van der Waals surface area contributed by atoms with Crippen molar-refractivity contribution in [1.82, 2.24) is 26.2 Å². The van der Waals surface area contributed by atoms with E-state index in [4.69, 9.17) is 37.2 Å². The van der Waals surface area contributed by atoms with Crippen LogP contribution in [0.3, 0.4) is 0 Å². The van der Waals surface area contributed by atoms with Crippen molar-refractivity contribution in [3.05, 3.63) is 59.8 Å². The second-order valence-electron chi connectivity index (χ2n) is 13.8. The van der Waals surface area contributed by atoms with Crippen molar-refractivity contribution in [3.63, 3.8) is 0 Å². The second kappa shape index (κ2) is 30.8. The first-order valence-electron chi connectivity index (χ1n) is 19.0. The largest absolute Gasteiger partial charge is 0.493 e. The van der Waals surface area contributed by atoms with Crippen molar-refractivity contribution in [3.8, 4) is 17.2 Å². The highest BCUT2D eigenvalue weighted by Gasteiger charge is 2.40. The summed E-state index contributed by atoms with van der Waals surface area (Å²) in [5, 5.41) is 28.3. The van der Waals surface area contributed by atoms with Crippen LogP contribution in [0, 0.1) is 17.3 Å². The van der Waals surface area contributed by atoms with E-state index in [9.17, 15) is 19.2 Å². The minimum absolute atomic E-state index is 0.00239. The van der Waals surface area contributed by atoms with Gasteiger partial charge < -0.3 is 51.3 Å². The standard InChI is InChI=1S/C31H38N4O8.C5H12BN.C4H10O.CH3NO/c1-31(11-4-12-32-20-37,30(40)35-18-21-6-9-26(41-2)27(16-21)42-3)28(38)19-34-29(39)23-10-13-33-25-8-7-22(17-24(23)25)43-15-5-14-36;1-5(2)3-4-7-6;1-4(2)3-5;2-1-3/h6-10,13,16-17,20,36H,4-5,11-12,14-15,18-19H2,1-3H3,(H,32,37)(H,34,39)(H,35,40);5,7H,3-4H2,1-2H3;4-5H,3H2,1-2H3;1H,(H2,2,3)/t31-;;;/m1.../s1. The molecule has 2 aromatic carbocycles. The number of carbonyl (C=O) groups excluding carboxylic acids is 5. The average molecular weight is 811 g/mol. The molecule has 0 bridgehead atoms. The number of Topliss-reactive ketones (excluding diaryl/α,β-unsaturated/α-hetero) is 1. The zero-order valence-corrected chi connectivity index (χ0v) is 35.0. The number of hydrogen-bond donors (Lipinski definition) is 7. The third-order valence-corrected chi connectivity index (χ3v) is 8.27. The van der Waals surface area contributed by atoms with E-state index in [0.717, 1.165) is 24.4 Å². The van der Waals surface area contributed by atoms with Gasteiger partial charge in [0.05, 0.1) is 38.5 Å². The van der Waals surface area contributed by atoms with Crippen LogP contribution in [0.4, 0.5) is 0 Å². The number of benzene rings is 2. The second-order valence-corrected chi connectivity index (χ2v) is 13.8. The molecule has 16 nitrogen and oxygen atoms in total. The predicted molar refractivity (Wildman–Crippen MR) is 224 cm³/mol. The van der Waals surface area contributed by atoms with Gasteiger partial charge in [0, 0.05) is 44.3 Å². The Bertz CT molecular complexity index is 1660. The fraction of sp³-hybridized carbons (Fsp3) is 0.512. The lowest BCUT2D eigenvalue weighted by molar-refractivity contribution is -0.141. The van der Waals surface area contributed by atoms with Crippen molar-refractivity contribution in [1.29, 1.82) is 0 Å². The number of aliphatic hydroxyl groups excluding tert-OH is 2. The van der Waals surface area contributed by atoms with E-state index in [2.05, 4.69) is 45.7 Å². The summed E-state index contributed by atoms with van der Waals surface area (Å²) in [5.74, 6) is 1.26. The summed E-state index contributed by atoms with van der Waals surface area (Å²) in [6.07, 6.45) is 4.44. The lowest BCUT2D eigenvalue weighted by atomic mass is 9.79. The molecular weight excluding hydrogens is 747 g/mol. The van der Waals surface area contributed by atoms with Crippen LogP contribution >= 0.6 is 0 Å². The maximum absolute atomic E-state index is 13.5. The number of amides is 4. The van der Waals surface area contributed by atoms with E-state index in [1.54, 1.807) is 42.5 Å². The first-order valence-corrected chi connectivity index (χ1v) is 19.0. The van der Waals surface area contributed by atoms with Crippen LogP contribution in [0.1, 0.15) is 76.2 Å². The van der Waals surface area contributed by atoms with Crippen LogP contribution in [0.15, 0.2) is 48.7 Å². The number of pyridine rings is 1. The summed E-state index contributed by atoms with van der Waals surface area (Å²) in [7, 11) is 8.07. The summed E-state index contributed by atoms with van der Waals surface area (Å²) in [6.45, 7) is 11.4. The molecule has 0 saturated carbocycles. The Balaban J connectivity index is 0.00000184. The van der Waals surface area contributed by atoms with Crippen LogP contribution in [0.25, 0.3) is 10.9 Å². The lowest BCUT2D eigenvalue weighted by Crippen LogP contribution is -2.48. The molecular formula is C41H63BN6O10. The summed E-state index contributed by atoms with van der Waals surface area (Å²) in [6, 6.07) is 11.9. The van der Waals surface area contributed by atoms with Gasteiger partial charge in [0.15, 0.2) is 25.3 Å². The molecule has 0 aliphatic rings. The molecule has 3 aromatic rings. The molecule has 4 amide bonds. The number of fused-ring (bicyclic) bond motifs is 1. The van der Waals surface area contributed by atoms with Crippen molar-refractivity contribution >= 4 is 49.3 Å². The molecule has 17 heteroatoms. The summed E-state index contributed by atoms with van der Waals surface area (Å²) in [4.78, 5) is 63.7. The number of nitrogens with zero attached hydrogens (tertiary/aromatic N) is 1. The van der Waals surface area contributed by atoms with Gasteiger partial charge >= 0.3 is 0 Å². The molecule has 1 heterocycles. The van der Waals surface area contributed by atoms with Crippen LogP contribution in [0.5, 0.6) is 17.2 Å². The number of ether oxygens (including phenoxy) is 3. The number of methoxy groups -OCH3 is 2. The minimum atomic E-state index is -1.48. The number of aromatic nitrogens is 1. The fourth-order valence-corrected chi connectivity index (χ4v) is 4.84. The average Bonchev–Trinajstić information content (AvgIpc) is 3.22. The molecule has 0 unspecified atom stereocenters. The van der Waals surface area contributed by atoms with Crippen LogP contribution in [0.2, 0.25) is 0 Å². The van der Waals surface area contributed by atoms with Gasteiger partial charge in [-0.15, -0.1) is 0 Å². The van der Waals surface area contributed by atoms with E-state index in [1.165, 1.54) is 27.3 Å². The Morgan fingerprint density at radius 3 is 2.16 bits per heavy atom. The molecule has 1 atom stereocenters. The number of nitrogens with two attached hydrogens (primary N) is 1. The van der Waals surface area contributed by atoms with Gasteiger partial charge in [-0.2, -0.15) is 0 Å². The maximum Gasteiger partial charge on any atom is 0.252 e. The third-order valence-electron chi connectivity index (χ3n) is 8.27. The summed E-state index contributed by atoms with van der Waals surface area (Å²) >= 11 is 0. The Morgan fingerprint density at radius 2 is 1.60 bits per heavy atom. The van der Waals surface area contributed by atoms with Gasteiger partial charge in [-0.1, -0.05) is 33.8 Å². The monoisotopic (exact) mass is 810 g/mol. The van der Waals surface area contributed by atoms with Crippen LogP contribution < -0.4 is 41.1 Å². The molecule has 3 rings (SSSR count). The Hall–Kier alpha value is -5.26. The van der Waals surface area contributed by atoms with Gasteiger partial charge in [0.25, 0.3) is 5.91 Å². The zero-order valence-electron chi connectivity index (χ0n) is 35.0. The summed E-state index contributed by atoms with van der Waals surface area (Å²) in [5.41, 5.74) is 4.28. The van der Waals surface area contributed by atoms with E-state index in [1.807, 2.05) is 13.8 Å². The molecule has 0 fully saturated rings. The van der Waals surface area contributed by atoms with Gasteiger partial charge in [0.1, 0.15) is 11.2 Å². The maximum atomic E-state index is 13.5. The molecule has 0 aliphatic carbocycles. The van der Waals surface area contributed by atoms with Gasteiger partial charge in [-0.25, -0.2) is 0 Å². The van der Waals surface area contributed by atoms with Crippen LogP contribution in [-0.2, 0) is 25.7 Å². The van der Waals surface area contributed by atoms with Gasteiger partial charge in [-0.3, -0.25) is 29.0 Å². The van der Waals surface area contributed by atoms with Crippen molar-refractivity contribution in [2.24, 2.45) is 23.0 Å². The number of rotatable bonds is 22. The van der Waals surface area contributed by atoms with Crippen molar-refractivity contribution in [2.75, 3.05) is 53.7 Å². The normalized spacial score (nSPS) is 11.2. The molecule has 320 valence electrons. The number of primary amides is 1. The quantitative estimate of drug-likeness (QED) is 0.0336. The number of ketones is 1. The summed E-state index contributed by atoms with van der Waals surface area (Å²) < 4.78 is 16.2. The molecule has 0 saturated heterocycles. The topological polar surface area (TPSA) is 241 Å². The number of nitrogens with one attached hydrogen (secondary N) is 4. The fourth-order valence-electron chi connectivity index (χ4n) is 4.84. The van der Waals surface area contributed by atoms with Crippen molar-refractivity contribution < 1.29 is 48.4 Å². The van der Waals surface area contributed by atoms with E-state index in [0.29, 0.717) is 72.1 Å². The third kappa shape index (κ3) is 20.3. The Morgan fingerprint density at radius 1 is 0.931 bits per heavy atom. The number of hydrogen-bond acceptors (Lipinski definition) is 12. The zero-order chi connectivity index (χ0) is 43.9. The smallest absolute Gasteiger partial charge is 0.252 e. The molecule has 2 radical (unpaired) electrons. The molecule has 0 aliphatic heterocycles. The molecule has 58 heavy (non-hydrogen) atoms. The molecule has 8 N–H and O–H groups in total. The number of carbonyl (C=O) groups is 5. The SMILES string of the molecule is CC(C)CO.COc1ccc(CNC(=O)[C@](C)(CCCNC=O)C(=O)CNC(=O)c2ccnc3ccc(OCCCO)cc23)cc1OC.NC=O.[B]NCCC(C)C. The lowest BCUT2D eigenvalue weighted by Gasteiger charge is -2.27. The van der Waals surface area contributed by atoms with E-state index >= 15 is 0 Å². The van der Waals surface area contributed by atoms with Crippen molar-refractivity contribution in [2.45, 2.75) is 66.8 Å². The van der Waals surface area contributed by atoms with Gasteiger partial charge in [0.2, 0.25) is 18.7 Å². The van der Waals surface area contributed by atoms with E-state index in [-0.39, 0.29) is 32.5 Å². The highest BCUT2D eigenvalue weighted by molar-refractivity contribution is 6.10. The van der Waals surface area contributed by atoms with E-state index < -0.39 is 29.6 Å². The minimum Gasteiger partial charge on any atom is -0.493 e. The Kier molecular flexibility index (Phi) is 28.0. The van der Waals surface area contributed by atoms with Gasteiger partial charge in [-0.05, 0) is 86.5 Å². The van der Waals surface area contributed by atoms with Crippen LogP contribution in [-0.4, -0.2) is 107 Å². The Labute approximate surface area is 343 Å². The molecule has 0 spiro atoms. The molecule has 1 aromatic heterocycles.